The number of hydrogen-bond acceptors (Lipinski definition) is 4. The fourth-order valence-electron chi connectivity index (χ4n) is 3.13. The van der Waals surface area contributed by atoms with Gasteiger partial charge >= 0.3 is 0 Å². The summed E-state index contributed by atoms with van der Waals surface area (Å²) in [7, 11) is 0. The van der Waals surface area contributed by atoms with E-state index < -0.39 is 0 Å². The SMILES string of the molecule is Cc1cnn(CC2CN(C(=O)Cn3cnc(C4CC4)cc3=O)C2)c1. The molecule has 126 valence electrons. The maximum atomic E-state index is 12.3. The molecule has 2 aromatic rings. The van der Waals surface area contributed by atoms with Gasteiger partial charge in [0.25, 0.3) is 5.56 Å². The van der Waals surface area contributed by atoms with Crippen LogP contribution in [0, 0.1) is 12.8 Å². The first kappa shape index (κ1) is 15.1. The molecule has 7 heteroatoms. The van der Waals surface area contributed by atoms with Crippen LogP contribution in [0.1, 0.15) is 30.0 Å². The van der Waals surface area contributed by atoms with Crippen LogP contribution in [-0.4, -0.2) is 43.2 Å². The van der Waals surface area contributed by atoms with Gasteiger partial charge in [-0.15, -0.1) is 0 Å². The molecule has 2 fully saturated rings. The monoisotopic (exact) mass is 327 g/mol. The fourth-order valence-corrected chi connectivity index (χ4v) is 3.13. The average molecular weight is 327 g/mol. The Balaban J connectivity index is 1.30. The van der Waals surface area contributed by atoms with Crippen molar-refractivity contribution in [1.29, 1.82) is 0 Å². The number of aromatic nitrogens is 4. The van der Waals surface area contributed by atoms with E-state index in [0.29, 0.717) is 11.8 Å². The highest BCUT2D eigenvalue weighted by atomic mass is 16.2. The third-order valence-electron chi connectivity index (χ3n) is 4.72. The molecule has 0 unspecified atom stereocenters. The number of rotatable bonds is 5. The molecule has 1 saturated carbocycles. The van der Waals surface area contributed by atoms with Crippen molar-refractivity contribution in [3.8, 4) is 0 Å². The Labute approximate surface area is 139 Å². The number of amides is 1. The Morgan fingerprint density at radius 2 is 2.12 bits per heavy atom. The molecular weight excluding hydrogens is 306 g/mol. The number of likely N-dealkylation sites (tertiary alicyclic amines) is 1. The molecule has 3 heterocycles. The highest BCUT2D eigenvalue weighted by Crippen LogP contribution is 2.38. The van der Waals surface area contributed by atoms with E-state index in [9.17, 15) is 9.59 Å². The number of nitrogens with zero attached hydrogens (tertiary/aromatic N) is 5. The van der Waals surface area contributed by atoms with Gasteiger partial charge in [0.15, 0.2) is 0 Å². The summed E-state index contributed by atoms with van der Waals surface area (Å²) in [5, 5.41) is 4.27. The summed E-state index contributed by atoms with van der Waals surface area (Å²) < 4.78 is 3.32. The zero-order valence-electron chi connectivity index (χ0n) is 13.8. The van der Waals surface area contributed by atoms with Crippen molar-refractivity contribution >= 4 is 5.91 Å². The van der Waals surface area contributed by atoms with E-state index in [-0.39, 0.29) is 18.0 Å². The van der Waals surface area contributed by atoms with E-state index in [4.69, 9.17) is 0 Å². The van der Waals surface area contributed by atoms with Gasteiger partial charge in [0.1, 0.15) is 6.54 Å². The molecule has 0 atom stereocenters. The lowest BCUT2D eigenvalue weighted by Gasteiger charge is -2.39. The summed E-state index contributed by atoms with van der Waals surface area (Å²) in [6.07, 6.45) is 7.59. The lowest BCUT2D eigenvalue weighted by Crippen LogP contribution is -2.52. The zero-order chi connectivity index (χ0) is 16.7. The quantitative estimate of drug-likeness (QED) is 0.814. The standard InChI is InChI=1S/C17H21N5O2/c1-12-5-19-22(6-12)9-13-7-20(8-13)17(24)10-21-11-18-15(4-16(21)23)14-2-3-14/h4-6,11,13-14H,2-3,7-10H2,1H3. The first-order valence-electron chi connectivity index (χ1n) is 8.41. The lowest BCUT2D eigenvalue weighted by atomic mass is 10.0. The number of aryl methyl sites for hydroxylation is 1. The predicted octanol–water partition coefficient (Wildman–Crippen LogP) is 0.784. The molecule has 2 aliphatic rings. The third kappa shape index (κ3) is 3.11. The van der Waals surface area contributed by atoms with Crippen molar-refractivity contribution in [3.05, 3.63) is 46.4 Å². The van der Waals surface area contributed by atoms with Crippen LogP contribution in [-0.2, 0) is 17.9 Å². The van der Waals surface area contributed by atoms with Crippen LogP contribution in [0.15, 0.2) is 29.6 Å². The maximum Gasteiger partial charge on any atom is 0.254 e. The van der Waals surface area contributed by atoms with Crippen LogP contribution in [0.3, 0.4) is 0 Å². The highest BCUT2D eigenvalue weighted by molar-refractivity contribution is 5.76. The van der Waals surface area contributed by atoms with Crippen molar-refractivity contribution in [3.63, 3.8) is 0 Å². The number of carbonyl (C=O) groups excluding carboxylic acids is 1. The van der Waals surface area contributed by atoms with E-state index >= 15 is 0 Å². The van der Waals surface area contributed by atoms with Gasteiger partial charge in [0.2, 0.25) is 5.91 Å². The molecule has 1 saturated heterocycles. The molecule has 7 nitrogen and oxygen atoms in total. The van der Waals surface area contributed by atoms with Gasteiger partial charge in [0.05, 0.1) is 18.2 Å². The van der Waals surface area contributed by atoms with Crippen LogP contribution >= 0.6 is 0 Å². The Hall–Kier alpha value is -2.44. The van der Waals surface area contributed by atoms with Crippen LogP contribution in [0.2, 0.25) is 0 Å². The fraction of sp³-hybridized carbons (Fsp3) is 0.529. The van der Waals surface area contributed by atoms with Crippen molar-refractivity contribution in [2.75, 3.05) is 13.1 Å². The zero-order valence-corrected chi connectivity index (χ0v) is 13.8. The minimum absolute atomic E-state index is 0.0223. The Morgan fingerprint density at radius 1 is 1.33 bits per heavy atom. The van der Waals surface area contributed by atoms with Gasteiger partial charge in [-0.25, -0.2) is 4.98 Å². The number of hydrogen-bond donors (Lipinski definition) is 0. The molecule has 0 radical (unpaired) electrons. The molecule has 0 N–H and O–H groups in total. The van der Waals surface area contributed by atoms with Gasteiger partial charge in [-0.3, -0.25) is 18.8 Å². The Bertz CT molecular complexity index is 814. The second kappa shape index (κ2) is 5.89. The first-order valence-corrected chi connectivity index (χ1v) is 8.41. The normalized spacial score (nSPS) is 17.8. The van der Waals surface area contributed by atoms with Gasteiger partial charge in [-0.05, 0) is 25.3 Å². The summed E-state index contributed by atoms with van der Waals surface area (Å²) in [5.74, 6) is 0.858. The molecular formula is C17H21N5O2. The van der Waals surface area contributed by atoms with Crippen molar-refractivity contribution in [2.24, 2.45) is 5.92 Å². The highest BCUT2D eigenvalue weighted by Gasteiger charge is 2.31. The predicted molar refractivity (Wildman–Crippen MR) is 87.5 cm³/mol. The van der Waals surface area contributed by atoms with Gasteiger partial charge < -0.3 is 4.90 Å². The summed E-state index contributed by atoms with van der Waals surface area (Å²) in [4.78, 5) is 30.5. The molecule has 1 aliphatic carbocycles. The Morgan fingerprint density at radius 3 is 2.75 bits per heavy atom. The third-order valence-corrected chi connectivity index (χ3v) is 4.72. The summed E-state index contributed by atoms with van der Waals surface area (Å²) >= 11 is 0. The largest absolute Gasteiger partial charge is 0.340 e. The van der Waals surface area contributed by atoms with Crippen LogP contribution in [0.5, 0.6) is 0 Å². The number of carbonyl (C=O) groups is 1. The van der Waals surface area contributed by atoms with E-state index in [1.807, 2.05) is 24.0 Å². The van der Waals surface area contributed by atoms with Crippen molar-refractivity contribution in [2.45, 2.75) is 38.8 Å². The second-order valence-corrected chi connectivity index (χ2v) is 6.96. The van der Waals surface area contributed by atoms with E-state index in [1.54, 1.807) is 11.0 Å². The van der Waals surface area contributed by atoms with E-state index in [0.717, 1.165) is 43.7 Å². The molecule has 4 rings (SSSR count). The van der Waals surface area contributed by atoms with Gasteiger partial charge in [-0.1, -0.05) is 0 Å². The summed E-state index contributed by atoms with van der Waals surface area (Å²) in [5.41, 5.74) is 1.87. The van der Waals surface area contributed by atoms with Crippen LogP contribution < -0.4 is 5.56 Å². The van der Waals surface area contributed by atoms with E-state index in [2.05, 4.69) is 10.1 Å². The maximum absolute atomic E-state index is 12.3. The second-order valence-electron chi connectivity index (χ2n) is 6.96. The van der Waals surface area contributed by atoms with Crippen molar-refractivity contribution in [1.82, 2.24) is 24.2 Å². The molecule has 0 bridgehead atoms. The minimum Gasteiger partial charge on any atom is -0.340 e. The van der Waals surface area contributed by atoms with Gasteiger partial charge in [-0.2, -0.15) is 5.10 Å². The van der Waals surface area contributed by atoms with Crippen LogP contribution in [0.25, 0.3) is 0 Å². The molecule has 2 aromatic heterocycles. The van der Waals surface area contributed by atoms with Crippen molar-refractivity contribution < 1.29 is 4.79 Å². The van der Waals surface area contributed by atoms with Crippen LogP contribution in [0.4, 0.5) is 0 Å². The molecule has 0 aromatic carbocycles. The average Bonchev–Trinajstić information content (AvgIpc) is 3.27. The first-order chi connectivity index (χ1) is 11.6. The topological polar surface area (TPSA) is 73.0 Å². The Kier molecular flexibility index (Phi) is 3.70. The van der Waals surface area contributed by atoms with Gasteiger partial charge in [0, 0.05) is 43.7 Å². The summed E-state index contributed by atoms with van der Waals surface area (Å²) in [6, 6.07) is 1.57. The smallest absolute Gasteiger partial charge is 0.254 e. The molecule has 0 spiro atoms. The lowest BCUT2D eigenvalue weighted by molar-refractivity contribution is -0.138. The molecule has 1 amide bonds. The molecule has 24 heavy (non-hydrogen) atoms. The minimum atomic E-state index is -0.135. The molecule has 1 aliphatic heterocycles. The van der Waals surface area contributed by atoms with E-state index in [1.165, 1.54) is 10.9 Å². The summed E-state index contributed by atoms with van der Waals surface area (Å²) in [6.45, 7) is 4.36.